The van der Waals surface area contributed by atoms with E-state index in [1.165, 1.54) is 18.2 Å². The van der Waals surface area contributed by atoms with E-state index in [1.54, 1.807) is 31.4 Å². The second kappa shape index (κ2) is 6.98. The molecule has 0 aliphatic carbocycles. The lowest BCUT2D eigenvalue weighted by Gasteiger charge is -2.03. The van der Waals surface area contributed by atoms with E-state index in [4.69, 9.17) is 20.8 Å². The van der Waals surface area contributed by atoms with E-state index in [0.717, 1.165) is 11.3 Å². The molecule has 1 N–H and O–H groups in total. The molecule has 0 unspecified atom stereocenters. The van der Waals surface area contributed by atoms with Crippen LogP contribution in [0.2, 0.25) is 5.02 Å². The van der Waals surface area contributed by atoms with Crippen molar-refractivity contribution in [1.29, 1.82) is 0 Å². The van der Waals surface area contributed by atoms with Crippen LogP contribution in [0.5, 0.6) is 5.75 Å². The number of fused-ring (bicyclic) bond motifs is 1. The molecule has 0 saturated heterocycles. The van der Waals surface area contributed by atoms with Crippen molar-refractivity contribution in [2.24, 2.45) is 0 Å². The van der Waals surface area contributed by atoms with E-state index in [1.807, 2.05) is 0 Å². The first kappa shape index (κ1) is 17.4. The Labute approximate surface area is 161 Å². The smallest absolute Gasteiger partial charge is 0.346 e. The SMILES string of the molecule is COc1ccc2oc(=O)c(-c3nnc(Nc4ccc(F)c(Cl)c4)s3)cc2c1. The van der Waals surface area contributed by atoms with Crippen molar-refractivity contribution in [3.8, 4) is 16.3 Å². The minimum Gasteiger partial charge on any atom is -0.497 e. The zero-order chi connectivity index (χ0) is 19.0. The van der Waals surface area contributed by atoms with Gasteiger partial charge in [0.25, 0.3) is 0 Å². The Bertz CT molecular complexity index is 1210. The maximum Gasteiger partial charge on any atom is 0.346 e. The molecule has 0 fully saturated rings. The van der Waals surface area contributed by atoms with Crippen molar-refractivity contribution in [2.45, 2.75) is 0 Å². The molecule has 0 aliphatic heterocycles. The summed E-state index contributed by atoms with van der Waals surface area (Å²) >= 11 is 6.93. The molecule has 0 saturated carbocycles. The molecule has 2 aromatic heterocycles. The van der Waals surface area contributed by atoms with Crippen molar-refractivity contribution >= 4 is 44.7 Å². The summed E-state index contributed by atoms with van der Waals surface area (Å²) < 4.78 is 23.8. The monoisotopic (exact) mass is 403 g/mol. The molecule has 4 rings (SSSR count). The molecule has 9 heteroatoms. The molecule has 4 aromatic rings. The molecule has 0 bridgehead atoms. The molecular weight excluding hydrogens is 393 g/mol. The normalized spacial score (nSPS) is 10.9. The van der Waals surface area contributed by atoms with Crippen molar-refractivity contribution in [1.82, 2.24) is 10.2 Å². The van der Waals surface area contributed by atoms with Crippen molar-refractivity contribution in [3.63, 3.8) is 0 Å². The average molecular weight is 404 g/mol. The topological polar surface area (TPSA) is 77.2 Å². The number of benzene rings is 2. The second-order valence-corrected chi connectivity index (χ2v) is 6.90. The van der Waals surface area contributed by atoms with Crippen LogP contribution in [0.4, 0.5) is 15.2 Å². The fraction of sp³-hybridized carbons (Fsp3) is 0.0556. The van der Waals surface area contributed by atoms with Crippen LogP contribution in [0.25, 0.3) is 21.5 Å². The Kier molecular flexibility index (Phi) is 4.51. The number of hydrogen-bond acceptors (Lipinski definition) is 7. The van der Waals surface area contributed by atoms with Crippen LogP contribution < -0.4 is 15.7 Å². The Morgan fingerprint density at radius 1 is 1.19 bits per heavy atom. The van der Waals surface area contributed by atoms with Gasteiger partial charge in [0.05, 0.1) is 17.7 Å². The zero-order valence-corrected chi connectivity index (χ0v) is 15.4. The molecule has 0 aliphatic rings. The van der Waals surface area contributed by atoms with Crippen LogP contribution >= 0.6 is 22.9 Å². The third-order valence-corrected chi connectivity index (χ3v) is 4.93. The highest BCUT2D eigenvalue weighted by Crippen LogP contribution is 2.30. The fourth-order valence-electron chi connectivity index (χ4n) is 2.46. The van der Waals surface area contributed by atoms with Gasteiger partial charge in [-0.05, 0) is 42.5 Å². The van der Waals surface area contributed by atoms with Crippen LogP contribution in [-0.4, -0.2) is 17.3 Å². The third-order valence-electron chi connectivity index (χ3n) is 3.77. The highest BCUT2D eigenvalue weighted by molar-refractivity contribution is 7.18. The van der Waals surface area contributed by atoms with E-state index in [-0.39, 0.29) is 5.02 Å². The first-order valence-corrected chi connectivity index (χ1v) is 8.91. The largest absolute Gasteiger partial charge is 0.497 e. The minimum absolute atomic E-state index is 0.00569. The highest BCUT2D eigenvalue weighted by atomic mass is 35.5. The Balaban J connectivity index is 1.68. The zero-order valence-electron chi connectivity index (χ0n) is 13.8. The molecule has 0 amide bonds. The van der Waals surface area contributed by atoms with E-state index in [2.05, 4.69) is 15.5 Å². The number of anilines is 2. The standard InChI is InChI=1S/C18H11ClFN3O3S/c1-25-11-3-5-15-9(6-11)7-12(17(24)26-15)16-22-23-18(27-16)21-10-2-4-14(20)13(19)8-10/h2-8H,1H3,(H,21,23). The van der Waals surface area contributed by atoms with Crippen LogP contribution in [0, 0.1) is 5.82 Å². The van der Waals surface area contributed by atoms with Gasteiger partial charge in [-0.25, -0.2) is 9.18 Å². The summed E-state index contributed by atoms with van der Waals surface area (Å²) in [6.45, 7) is 0. The lowest BCUT2D eigenvalue weighted by atomic mass is 10.2. The summed E-state index contributed by atoms with van der Waals surface area (Å²) in [7, 11) is 1.56. The fourth-order valence-corrected chi connectivity index (χ4v) is 3.41. The van der Waals surface area contributed by atoms with Crippen molar-refractivity contribution < 1.29 is 13.5 Å². The number of aromatic nitrogens is 2. The molecule has 6 nitrogen and oxygen atoms in total. The number of rotatable bonds is 4. The third kappa shape index (κ3) is 3.49. The minimum atomic E-state index is -0.514. The van der Waals surface area contributed by atoms with Crippen LogP contribution in [0.1, 0.15) is 0 Å². The lowest BCUT2D eigenvalue weighted by Crippen LogP contribution is -2.02. The summed E-state index contributed by atoms with van der Waals surface area (Å²) in [5, 5.41) is 12.6. The summed E-state index contributed by atoms with van der Waals surface area (Å²) in [5.41, 5.74) is 0.784. The molecule has 2 aromatic carbocycles. The first-order valence-electron chi connectivity index (χ1n) is 7.71. The van der Waals surface area contributed by atoms with Crippen LogP contribution in [0.3, 0.4) is 0 Å². The van der Waals surface area contributed by atoms with Gasteiger partial charge >= 0.3 is 5.63 Å². The quantitative estimate of drug-likeness (QED) is 0.490. The molecule has 0 radical (unpaired) electrons. The van der Waals surface area contributed by atoms with Gasteiger partial charge in [-0.3, -0.25) is 0 Å². The van der Waals surface area contributed by atoms with Gasteiger partial charge in [0.15, 0.2) is 5.01 Å². The predicted molar refractivity (Wildman–Crippen MR) is 103 cm³/mol. The number of methoxy groups -OCH3 is 1. The van der Waals surface area contributed by atoms with Crippen molar-refractivity contribution in [2.75, 3.05) is 12.4 Å². The van der Waals surface area contributed by atoms with E-state index in [0.29, 0.717) is 38.1 Å². The van der Waals surface area contributed by atoms with Gasteiger partial charge in [0, 0.05) is 11.1 Å². The maximum atomic E-state index is 13.2. The summed E-state index contributed by atoms with van der Waals surface area (Å²) in [5.74, 6) is 0.138. The summed E-state index contributed by atoms with van der Waals surface area (Å²) in [6, 6.07) is 11.0. The maximum absolute atomic E-state index is 13.2. The highest BCUT2D eigenvalue weighted by Gasteiger charge is 2.14. The van der Waals surface area contributed by atoms with Crippen LogP contribution in [-0.2, 0) is 0 Å². The Morgan fingerprint density at radius 3 is 2.81 bits per heavy atom. The number of halogens is 2. The van der Waals surface area contributed by atoms with Crippen molar-refractivity contribution in [3.05, 3.63) is 63.7 Å². The van der Waals surface area contributed by atoms with Gasteiger partial charge in [0.1, 0.15) is 17.1 Å². The van der Waals surface area contributed by atoms with Crippen LogP contribution in [0.15, 0.2) is 51.7 Å². The van der Waals surface area contributed by atoms with E-state index in [9.17, 15) is 9.18 Å². The number of hydrogen-bond donors (Lipinski definition) is 1. The Hall–Kier alpha value is -2.97. The van der Waals surface area contributed by atoms with Gasteiger partial charge in [0.2, 0.25) is 5.13 Å². The van der Waals surface area contributed by atoms with E-state index >= 15 is 0 Å². The second-order valence-electron chi connectivity index (χ2n) is 5.52. The predicted octanol–water partition coefficient (Wildman–Crippen LogP) is 4.86. The first-order chi connectivity index (χ1) is 13.0. The molecule has 0 atom stereocenters. The number of ether oxygens (including phenoxy) is 1. The summed E-state index contributed by atoms with van der Waals surface area (Å²) in [6.07, 6.45) is 0. The number of nitrogens with zero attached hydrogens (tertiary/aromatic N) is 2. The molecule has 2 heterocycles. The van der Waals surface area contributed by atoms with Gasteiger partial charge < -0.3 is 14.5 Å². The van der Waals surface area contributed by atoms with E-state index < -0.39 is 11.4 Å². The molecule has 136 valence electrons. The Morgan fingerprint density at radius 2 is 2.04 bits per heavy atom. The molecule has 0 spiro atoms. The molecule has 27 heavy (non-hydrogen) atoms. The van der Waals surface area contributed by atoms with Gasteiger partial charge in [-0.2, -0.15) is 0 Å². The lowest BCUT2D eigenvalue weighted by molar-refractivity contribution is 0.415. The number of nitrogens with one attached hydrogen (secondary N) is 1. The molecular formula is C18H11ClFN3O3S. The van der Waals surface area contributed by atoms with Gasteiger partial charge in [-0.1, -0.05) is 22.9 Å². The summed E-state index contributed by atoms with van der Waals surface area (Å²) in [4.78, 5) is 12.3. The van der Waals surface area contributed by atoms with Gasteiger partial charge in [-0.15, -0.1) is 10.2 Å². The average Bonchev–Trinajstić information content (AvgIpc) is 3.12.